The van der Waals surface area contributed by atoms with Crippen LogP contribution in [0.1, 0.15) is 35.2 Å². The third-order valence-corrected chi connectivity index (χ3v) is 4.79. The van der Waals surface area contributed by atoms with Gasteiger partial charge in [0.2, 0.25) is 5.91 Å². The summed E-state index contributed by atoms with van der Waals surface area (Å²) in [6.07, 6.45) is 3.41. The van der Waals surface area contributed by atoms with Crippen molar-refractivity contribution in [1.29, 1.82) is 0 Å². The molecular formula is C19H27N3O2. The van der Waals surface area contributed by atoms with Crippen molar-refractivity contribution >= 4 is 11.8 Å². The Bertz CT molecular complexity index is 598. The second-order valence-corrected chi connectivity index (χ2v) is 7.04. The molecule has 3 rings (SSSR count). The number of carbonyl (C=O) groups is 2. The van der Waals surface area contributed by atoms with Crippen LogP contribution in [0.25, 0.3) is 0 Å². The largest absolute Gasteiger partial charge is 0.355 e. The first-order valence-electron chi connectivity index (χ1n) is 8.97. The van der Waals surface area contributed by atoms with E-state index in [9.17, 15) is 9.59 Å². The van der Waals surface area contributed by atoms with Gasteiger partial charge in [0.05, 0.1) is 6.54 Å². The fraction of sp³-hybridized carbons (Fsp3) is 0.579. The van der Waals surface area contributed by atoms with Crippen molar-refractivity contribution in [2.75, 3.05) is 39.3 Å². The predicted molar refractivity (Wildman–Crippen MR) is 93.9 cm³/mol. The van der Waals surface area contributed by atoms with Crippen molar-refractivity contribution in [3.8, 4) is 0 Å². The Morgan fingerprint density at radius 1 is 1.17 bits per heavy atom. The van der Waals surface area contributed by atoms with E-state index in [1.54, 1.807) is 0 Å². The molecule has 0 unspecified atom stereocenters. The number of benzene rings is 1. The van der Waals surface area contributed by atoms with Crippen molar-refractivity contribution in [3.63, 3.8) is 0 Å². The predicted octanol–water partition coefficient (Wildman–Crippen LogP) is 1.67. The second-order valence-electron chi connectivity index (χ2n) is 7.04. The average Bonchev–Trinajstić information content (AvgIpc) is 3.40. The number of carbonyl (C=O) groups excluding carboxylic acids is 2. The highest BCUT2D eigenvalue weighted by atomic mass is 16.2. The Kier molecular flexibility index (Phi) is 5.51. The lowest BCUT2D eigenvalue weighted by molar-refractivity contribution is -0.122. The van der Waals surface area contributed by atoms with Gasteiger partial charge in [0.25, 0.3) is 5.91 Å². The van der Waals surface area contributed by atoms with Gasteiger partial charge in [-0.1, -0.05) is 17.7 Å². The quantitative estimate of drug-likeness (QED) is 0.894. The van der Waals surface area contributed by atoms with Gasteiger partial charge in [-0.25, -0.2) is 0 Å². The minimum absolute atomic E-state index is 0.0961. The van der Waals surface area contributed by atoms with Gasteiger partial charge < -0.3 is 10.2 Å². The topological polar surface area (TPSA) is 52.7 Å². The first kappa shape index (κ1) is 17.0. The van der Waals surface area contributed by atoms with Crippen LogP contribution in [-0.2, 0) is 4.79 Å². The highest BCUT2D eigenvalue weighted by molar-refractivity contribution is 5.94. The number of aryl methyl sites for hydroxylation is 1. The smallest absolute Gasteiger partial charge is 0.253 e. The summed E-state index contributed by atoms with van der Waals surface area (Å²) in [5.41, 5.74) is 1.86. The maximum absolute atomic E-state index is 12.6. The van der Waals surface area contributed by atoms with Crippen molar-refractivity contribution in [3.05, 3.63) is 35.4 Å². The van der Waals surface area contributed by atoms with Crippen LogP contribution >= 0.6 is 0 Å². The molecular weight excluding hydrogens is 302 g/mol. The SMILES string of the molecule is Cc1cccc(C(=O)N2CCCN(CC(=O)NCC3CC3)CC2)c1. The summed E-state index contributed by atoms with van der Waals surface area (Å²) in [6.45, 7) is 6.34. The Morgan fingerprint density at radius 2 is 2.00 bits per heavy atom. The third kappa shape index (κ3) is 4.81. The molecule has 1 aromatic carbocycles. The second kappa shape index (κ2) is 7.79. The van der Waals surface area contributed by atoms with Crippen LogP contribution in [0.2, 0.25) is 0 Å². The number of nitrogens with one attached hydrogen (secondary N) is 1. The van der Waals surface area contributed by atoms with Crippen molar-refractivity contribution < 1.29 is 9.59 Å². The first-order valence-corrected chi connectivity index (χ1v) is 8.97. The van der Waals surface area contributed by atoms with Gasteiger partial charge in [0.15, 0.2) is 0 Å². The molecule has 0 spiro atoms. The van der Waals surface area contributed by atoms with Crippen LogP contribution in [0.5, 0.6) is 0 Å². The number of rotatable bonds is 5. The van der Waals surface area contributed by atoms with Crippen LogP contribution < -0.4 is 5.32 Å². The summed E-state index contributed by atoms with van der Waals surface area (Å²) in [4.78, 5) is 28.7. The van der Waals surface area contributed by atoms with E-state index >= 15 is 0 Å². The minimum Gasteiger partial charge on any atom is -0.355 e. The van der Waals surface area contributed by atoms with Crippen molar-refractivity contribution in [2.24, 2.45) is 5.92 Å². The molecule has 2 amide bonds. The number of nitrogens with zero attached hydrogens (tertiary/aromatic N) is 2. The van der Waals surface area contributed by atoms with E-state index in [2.05, 4.69) is 10.2 Å². The zero-order chi connectivity index (χ0) is 16.9. The summed E-state index contributed by atoms with van der Waals surface area (Å²) in [6, 6.07) is 7.75. The van der Waals surface area contributed by atoms with Crippen molar-refractivity contribution in [2.45, 2.75) is 26.2 Å². The maximum Gasteiger partial charge on any atom is 0.253 e. The van der Waals surface area contributed by atoms with Crippen LogP contribution in [0.3, 0.4) is 0 Å². The highest BCUT2D eigenvalue weighted by Crippen LogP contribution is 2.27. The molecule has 1 N–H and O–H groups in total. The number of amides is 2. The summed E-state index contributed by atoms with van der Waals surface area (Å²) in [5.74, 6) is 0.916. The standard InChI is InChI=1S/C19H27N3O2/c1-15-4-2-5-17(12-15)19(24)22-9-3-8-21(10-11-22)14-18(23)20-13-16-6-7-16/h2,4-5,12,16H,3,6-11,13-14H2,1H3,(H,20,23). The average molecular weight is 329 g/mol. The van der Waals surface area contributed by atoms with E-state index in [4.69, 9.17) is 0 Å². The number of hydrogen-bond donors (Lipinski definition) is 1. The monoisotopic (exact) mass is 329 g/mol. The summed E-state index contributed by atoms with van der Waals surface area (Å²) in [7, 11) is 0. The lowest BCUT2D eigenvalue weighted by Crippen LogP contribution is -2.40. The molecule has 130 valence electrons. The van der Waals surface area contributed by atoms with Crippen LogP contribution in [0.4, 0.5) is 0 Å². The molecule has 5 heteroatoms. The lowest BCUT2D eigenvalue weighted by Gasteiger charge is -2.22. The molecule has 24 heavy (non-hydrogen) atoms. The molecule has 0 aromatic heterocycles. The fourth-order valence-corrected chi connectivity index (χ4v) is 3.13. The molecule has 1 saturated carbocycles. The lowest BCUT2D eigenvalue weighted by atomic mass is 10.1. The van der Waals surface area contributed by atoms with E-state index in [1.165, 1.54) is 12.8 Å². The first-order chi connectivity index (χ1) is 11.6. The molecule has 1 aliphatic heterocycles. The van der Waals surface area contributed by atoms with Gasteiger partial charge in [-0.15, -0.1) is 0 Å². The maximum atomic E-state index is 12.6. The molecule has 5 nitrogen and oxygen atoms in total. The molecule has 2 aliphatic rings. The van der Waals surface area contributed by atoms with Crippen LogP contribution in [0, 0.1) is 12.8 Å². The Labute approximate surface area is 144 Å². The van der Waals surface area contributed by atoms with E-state index in [0.29, 0.717) is 19.0 Å². The molecule has 1 aromatic rings. The zero-order valence-corrected chi connectivity index (χ0v) is 14.5. The van der Waals surface area contributed by atoms with E-state index in [-0.39, 0.29) is 11.8 Å². The van der Waals surface area contributed by atoms with Gasteiger partial charge in [-0.05, 0) is 44.2 Å². The van der Waals surface area contributed by atoms with Crippen LogP contribution in [-0.4, -0.2) is 60.9 Å². The Balaban J connectivity index is 1.49. The van der Waals surface area contributed by atoms with Gasteiger partial charge in [0.1, 0.15) is 0 Å². The van der Waals surface area contributed by atoms with Gasteiger partial charge >= 0.3 is 0 Å². The van der Waals surface area contributed by atoms with Crippen molar-refractivity contribution in [1.82, 2.24) is 15.1 Å². The molecule has 0 atom stereocenters. The molecule has 2 fully saturated rings. The van der Waals surface area contributed by atoms with Gasteiger partial charge in [0, 0.05) is 38.3 Å². The van der Waals surface area contributed by atoms with E-state index < -0.39 is 0 Å². The Morgan fingerprint density at radius 3 is 2.75 bits per heavy atom. The van der Waals surface area contributed by atoms with Gasteiger partial charge in [-0.3, -0.25) is 14.5 Å². The summed E-state index contributed by atoms with van der Waals surface area (Å²) >= 11 is 0. The van der Waals surface area contributed by atoms with Crippen LogP contribution in [0.15, 0.2) is 24.3 Å². The van der Waals surface area contributed by atoms with E-state index in [1.807, 2.05) is 36.1 Å². The van der Waals surface area contributed by atoms with Gasteiger partial charge in [-0.2, -0.15) is 0 Å². The number of hydrogen-bond acceptors (Lipinski definition) is 3. The van der Waals surface area contributed by atoms with E-state index in [0.717, 1.165) is 43.7 Å². The normalized spacial score (nSPS) is 19.0. The summed E-state index contributed by atoms with van der Waals surface area (Å²) in [5, 5.41) is 3.02. The molecule has 0 bridgehead atoms. The highest BCUT2D eigenvalue weighted by Gasteiger charge is 2.24. The minimum atomic E-state index is 0.0961. The Hall–Kier alpha value is -1.88. The summed E-state index contributed by atoms with van der Waals surface area (Å²) < 4.78 is 0. The zero-order valence-electron chi connectivity index (χ0n) is 14.5. The molecule has 1 saturated heterocycles. The third-order valence-electron chi connectivity index (χ3n) is 4.79. The molecule has 1 aliphatic carbocycles. The molecule has 1 heterocycles. The molecule has 0 radical (unpaired) electrons. The fourth-order valence-electron chi connectivity index (χ4n) is 3.13.